The van der Waals surface area contributed by atoms with Crippen LogP contribution in [0.2, 0.25) is 0 Å². The summed E-state index contributed by atoms with van der Waals surface area (Å²) in [5, 5.41) is 23.9. The highest BCUT2D eigenvalue weighted by Crippen LogP contribution is 2.38. The van der Waals surface area contributed by atoms with Gasteiger partial charge in [0.2, 0.25) is 11.9 Å². The van der Waals surface area contributed by atoms with Gasteiger partial charge in [-0.25, -0.2) is 15.0 Å². The van der Waals surface area contributed by atoms with Crippen LogP contribution in [0, 0.1) is 12.8 Å². The van der Waals surface area contributed by atoms with E-state index >= 15 is 0 Å². The maximum Gasteiger partial charge on any atom is 0.433 e. The van der Waals surface area contributed by atoms with Crippen LogP contribution < -0.4 is 10.2 Å². The molecule has 0 saturated carbocycles. The van der Waals surface area contributed by atoms with E-state index in [9.17, 15) is 33.0 Å². The van der Waals surface area contributed by atoms with Crippen LogP contribution in [0.15, 0.2) is 60.9 Å². The Bertz CT molecular complexity index is 1620. The third-order valence-corrected chi connectivity index (χ3v) is 7.96. The molecule has 1 aliphatic heterocycles. The number of aromatic nitrogens is 3. The van der Waals surface area contributed by atoms with Gasteiger partial charge in [0.05, 0.1) is 10.8 Å². The zero-order valence-corrected chi connectivity index (χ0v) is 22.6. The number of amides is 1. The molecule has 2 aromatic heterocycles. The lowest BCUT2D eigenvalue weighted by atomic mass is 9.96. The number of anilines is 3. The first-order chi connectivity index (χ1) is 19.3. The molecule has 0 spiro atoms. The molecule has 2 aromatic carbocycles. The average Bonchev–Trinajstić information content (AvgIpc) is 3.56. The molecule has 0 radical (unpaired) electrons. The quantitative estimate of drug-likeness (QED) is 0.265. The molecule has 1 fully saturated rings. The molecule has 212 valence electrons. The summed E-state index contributed by atoms with van der Waals surface area (Å²) in [5.41, 5.74) is 0.585. The molecule has 2 unspecified atom stereocenters. The van der Waals surface area contributed by atoms with Crippen molar-refractivity contribution in [1.82, 2.24) is 15.0 Å². The maximum atomic E-state index is 13.0. The van der Waals surface area contributed by atoms with E-state index in [1.165, 1.54) is 16.2 Å². The van der Waals surface area contributed by atoms with Crippen molar-refractivity contribution in [2.75, 3.05) is 16.8 Å². The maximum absolute atomic E-state index is 13.0. The van der Waals surface area contributed by atoms with Crippen LogP contribution in [-0.4, -0.2) is 43.6 Å². The minimum atomic E-state index is -4.59. The van der Waals surface area contributed by atoms with Gasteiger partial charge >= 0.3 is 12.1 Å². The van der Waals surface area contributed by atoms with Crippen molar-refractivity contribution in [3.8, 4) is 10.4 Å². The second-order valence-electron chi connectivity index (χ2n) is 9.87. The first kappa shape index (κ1) is 28.2. The summed E-state index contributed by atoms with van der Waals surface area (Å²) in [6.45, 7) is 3.53. The molecular formula is C28H24F3N5O4S. The van der Waals surface area contributed by atoms with Crippen LogP contribution in [0.3, 0.4) is 0 Å². The second-order valence-corrected chi connectivity index (χ2v) is 10.9. The van der Waals surface area contributed by atoms with E-state index in [1.54, 1.807) is 49.5 Å². The van der Waals surface area contributed by atoms with Gasteiger partial charge in [-0.2, -0.15) is 13.2 Å². The van der Waals surface area contributed by atoms with Crippen molar-refractivity contribution in [2.24, 2.45) is 5.92 Å². The summed E-state index contributed by atoms with van der Waals surface area (Å²) in [5.74, 6) is -2.23. The molecule has 41 heavy (non-hydrogen) atoms. The number of nitrogens with one attached hydrogen (secondary N) is 1. The molecule has 13 heteroatoms. The van der Waals surface area contributed by atoms with Crippen LogP contribution in [0.4, 0.5) is 30.5 Å². The topological polar surface area (TPSA) is 129 Å². The van der Waals surface area contributed by atoms with Gasteiger partial charge in [0.25, 0.3) is 0 Å². The standard InChI is InChI=1S/C28H24F3N5O4S/c1-15-9-16(11-19(10-15)34-26-32-8-7-22(35-26)28(29,30)31)21-13-33-25(41-21)27(2,40)18-3-5-20(6-4-18)36-14-17(24(38)39)12-23(36)37/h3-11,13,17,40H,12,14H2,1-2H3,(H,38,39)(H,32,34,35). The fourth-order valence-electron chi connectivity index (χ4n) is 4.55. The van der Waals surface area contributed by atoms with Gasteiger partial charge in [-0.05, 0) is 60.9 Å². The predicted molar refractivity (Wildman–Crippen MR) is 146 cm³/mol. The normalized spacial score (nSPS) is 17.0. The summed E-state index contributed by atoms with van der Waals surface area (Å²) in [6.07, 6.45) is -2.01. The van der Waals surface area contributed by atoms with Gasteiger partial charge in [-0.1, -0.05) is 18.2 Å². The molecule has 1 amide bonds. The van der Waals surface area contributed by atoms with Gasteiger partial charge in [0.15, 0.2) is 0 Å². The number of aliphatic carboxylic acids is 1. The van der Waals surface area contributed by atoms with Crippen molar-refractivity contribution >= 4 is 40.5 Å². The zero-order chi connectivity index (χ0) is 29.5. The summed E-state index contributed by atoms with van der Waals surface area (Å²) < 4.78 is 39.1. The Balaban J connectivity index is 1.36. The van der Waals surface area contributed by atoms with Crippen LogP contribution in [0.25, 0.3) is 10.4 Å². The molecule has 5 rings (SSSR count). The Morgan fingerprint density at radius 3 is 2.51 bits per heavy atom. The Hall–Kier alpha value is -4.36. The molecule has 3 N–H and O–H groups in total. The van der Waals surface area contributed by atoms with Crippen molar-refractivity contribution < 1.29 is 33.0 Å². The van der Waals surface area contributed by atoms with Gasteiger partial charge in [-0.15, -0.1) is 11.3 Å². The zero-order valence-electron chi connectivity index (χ0n) is 21.8. The number of carbonyl (C=O) groups is 2. The van der Waals surface area contributed by atoms with E-state index in [4.69, 9.17) is 0 Å². The Morgan fingerprint density at radius 2 is 1.85 bits per heavy atom. The van der Waals surface area contributed by atoms with E-state index in [-0.39, 0.29) is 24.8 Å². The lowest BCUT2D eigenvalue weighted by Gasteiger charge is -2.23. The Kier molecular flexibility index (Phi) is 7.26. The SMILES string of the molecule is Cc1cc(Nc2nccc(C(F)(F)F)n2)cc(-c2cnc(C(C)(O)c3ccc(N4CC(C(=O)O)CC4=O)cc3)s2)c1. The third-order valence-electron chi connectivity index (χ3n) is 6.70. The molecule has 1 aliphatic rings. The van der Waals surface area contributed by atoms with E-state index in [1.807, 2.05) is 13.0 Å². The minimum Gasteiger partial charge on any atom is -0.481 e. The smallest absolute Gasteiger partial charge is 0.433 e. The number of aliphatic hydroxyl groups is 1. The number of alkyl halides is 3. The van der Waals surface area contributed by atoms with Gasteiger partial charge < -0.3 is 20.4 Å². The molecule has 0 aliphatic carbocycles. The number of carboxylic acid groups (broad SMARTS) is 1. The number of aryl methyl sites for hydroxylation is 1. The first-order valence-corrected chi connectivity index (χ1v) is 13.2. The number of halogens is 3. The fourth-order valence-corrected chi connectivity index (χ4v) is 5.52. The van der Waals surface area contributed by atoms with Gasteiger partial charge in [0, 0.05) is 36.7 Å². The number of hydrogen-bond acceptors (Lipinski definition) is 8. The number of rotatable bonds is 7. The molecule has 9 nitrogen and oxygen atoms in total. The first-order valence-electron chi connectivity index (χ1n) is 12.4. The van der Waals surface area contributed by atoms with Crippen molar-refractivity contribution in [2.45, 2.75) is 32.0 Å². The fraction of sp³-hybridized carbons (Fsp3) is 0.250. The number of nitrogens with zero attached hydrogens (tertiary/aromatic N) is 4. The van der Waals surface area contributed by atoms with E-state index < -0.39 is 29.4 Å². The second kappa shape index (κ2) is 10.6. The molecule has 3 heterocycles. The molecule has 1 saturated heterocycles. The summed E-state index contributed by atoms with van der Waals surface area (Å²) in [6, 6.07) is 12.8. The lowest BCUT2D eigenvalue weighted by Crippen LogP contribution is -2.26. The molecule has 0 bridgehead atoms. The minimum absolute atomic E-state index is 0.0557. The van der Waals surface area contributed by atoms with Gasteiger partial charge in [0.1, 0.15) is 16.3 Å². The largest absolute Gasteiger partial charge is 0.481 e. The predicted octanol–water partition coefficient (Wildman–Crippen LogP) is 5.36. The number of thiazole rings is 1. The van der Waals surface area contributed by atoms with Gasteiger partial charge in [-0.3, -0.25) is 9.59 Å². The molecule has 4 aromatic rings. The lowest BCUT2D eigenvalue weighted by molar-refractivity contribution is -0.142. The Morgan fingerprint density at radius 1 is 1.12 bits per heavy atom. The van der Waals surface area contributed by atoms with E-state index in [0.717, 1.165) is 28.3 Å². The van der Waals surface area contributed by atoms with Crippen molar-refractivity contribution in [3.63, 3.8) is 0 Å². The van der Waals surface area contributed by atoms with Crippen LogP contribution in [0.1, 0.15) is 35.2 Å². The van der Waals surface area contributed by atoms with Crippen LogP contribution >= 0.6 is 11.3 Å². The van der Waals surface area contributed by atoms with Crippen molar-refractivity contribution in [1.29, 1.82) is 0 Å². The van der Waals surface area contributed by atoms with Crippen LogP contribution in [-0.2, 0) is 21.4 Å². The molecule has 2 atom stereocenters. The number of hydrogen-bond donors (Lipinski definition) is 3. The highest BCUT2D eigenvalue weighted by molar-refractivity contribution is 7.15. The van der Waals surface area contributed by atoms with Crippen molar-refractivity contribution in [3.05, 3.63) is 82.8 Å². The highest BCUT2D eigenvalue weighted by Gasteiger charge is 2.36. The number of carboxylic acids is 1. The number of carbonyl (C=O) groups excluding carboxylic acids is 1. The Labute approximate surface area is 236 Å². The summed E-state index contributed by atoms with van der Waals surface area (Å²) in [4.78, 5) is 37.6. The average molecular weight is 584 g/mol. The molecular weight excluding hydrogens is 559 g/mol. The summed E-state index contributed by atoms with van der Waals surface area (Å²) in [7, 11) is 0. The van der Waals surface area contributed by atoms with E-state index in [2.05, 4.69) is 20.3 Å². The summed E-state index contributed by atoms with van der Waals surface area (Å²) >= 11 is 1.25. The van der Waals surface area contributed by atoms with Crippen LogP contribution in [0.5, 0.6) is 0 Å². The highest BCUT2D eigenvalue weighted by atomic mass is 32.1. The van der Waals surface area contributed by atoms with E-state index in [0.29, 0.717) is 21.9 Å². The monoisotopic (exact) mass is 583 g/mol. The number of benzene rings is 2. The third kappa shape index (κ3) is 5.91.